The second kappa shape index (κ2) is 6.06. The molecule has 0 aliphatic heterocycles. The van der Waals surface area contributed by atoms with Crippen molar-refractivity contribution in [2.45, 2.75) is 0 Å². The molecule has 0 saturated carbocycles. The van der Waals surface area contributed by atoms with Crippen LogP contribution in [0.3, 0.4) is 0 Å². The van der Waals surface area contributed by atoms with Crippen LogP contribution in [0.5, 0.6) is 0 Å². The van der Waals surface area contributed by atoms with E-state index in [1.807, 2.05) is 25.1 Å². The lowest BCUT2D eigenvalue weighted by Gasteiger charge is -2.13. The summed E-state index contributed by atoms with van der Waals surface area (Å²) in [5.41, 5.74) is 4.84. The van der Waals surface area contributed by atoms with Crippen LogP contribution >= 0.6 is 11.3 Å². The van der Waals surface area contributed by atoms with Crippen LogP contribution in [0.25, 0.3) is 32.5 Å². The average molecular weight is 331 g/mol. The number of aromatic nitrogens is 2. The van der Waals surface area contributed by atoms with Gasteiger partial charge in [-0.15, -0.1) is 11.3 Å². The Bertz CT molecular complexity index is 973. The van der Waals surface area contributed by atoms with Gasteiger partial charge < -0.3 is 4.90 Å². The first-order valence-electron chi connectivity index (χ1n) is 7.79. The average Bonchev–Trinajstić information content (AvgIpc) is 3.06. The summed E-state index contributed by atoms with van der Waals surface area (Å²) < 4.78 is 0. The van der Waals surface area contributed by atoms with Crippen molar-refractivity contribution in [1.82, 2.24) is 9.97 Å². The largest absolute Gasteiger partial charge is 0.362 e. The molecule has 0 spiro atoms. The molecule has 0 aliphatic carbocycles. The van der Waals surface area contributed by atoms with E-state index >= 15 is 0 Å². The summed E-state index contributed by atoms with van der Waals surface area (Å²) in [7, 11) is 4.03. The van der Waals surface area contributed by atoms with Crippen LogP contribution in [0.2, 0.25) is 0 Å². The van der Waals surface area contributed by atoms with Gasteiger partial charge in [-0.25, -0.2) is 9.97 Å². The Morgan fingerprint density at radius 2 is 1.46 bits per heavy atom. The topological polar surface area (TPSA) is 29.0 Å². The van der Waals surface area contributed by atoms with Crippen molar-refractivity contribution in [2.24, 2.45) is 0 Å². The summed E-state index contributed by atoms with van der Waals surface area (Å²) in [5, 5.41) is 3.30. The van der Waals surface area contributed by atoms with Gasteiger partial charge in [-0.3, -0.25) is 0 Å². The highest BCUT2D eigenvalue weighted by atomic mass is 32.1. The highest BCUT2D eigenvalue weighted by Crippen LogP contribution is 2.37. The van der Waals surface area contributed by atoms with Crippen molar-refractivity contribution in [3.63, 3.8) is 0 Å². The van der Waals surface area contributed by atoms with Gasteiger partial charge in [0.1, 0.15) is 17.0 Å². The standard InChI is InChI=1S/C20H17N3S/c1-23(2)19-18-17(12-24-20(18)22-13-21-19)16-10-8-15(9-11-16)14-6-4-3-5-7-14/h3-13H,1-2H3. The lowest BCUT2D eigenvalue weighted by atomic mass is 10.0. The second-order valence-corrected chi connectivity index (χ2v) is 6.72. The summed E-state index contributed by atoms with van der Waals surface area (Å²) in [6.45, 7) is 0. The van der Waals surface area contributed by atoms with Crippen molar-refractivity contribution in [3.05, 3.63) is 66.3 Å². The minimum absolute atomic E-state index is 0.961. The van der Waals surface area contributed by atoms with Gasteiger partial charge in [0.15, 0.2) is 0 Å². The predicted octanol–water partition coefficient (Wildman–Crippen LogP) is 5.09. The first kappa shape index (κ1) is 14.8. The number of hydrogen-bond acceptors (Lipinski definition) is 4. The SMILES string of the molecule is CN(C)c1ncnc2scc(-c3ccc(-c4ccccc4)cc3)c12. The molecule has 0 unspecified atom stereocenters. The number of anilines is 1. The van der Waals surface area contributed by atoms with Crippen molar-refractivity contribution >= 4 is 27.4 Å². The molecule has 0 fully saturated rings. The molecule has 2 aromatic carbocycles. The van der Waals surface area contributed by atoms with Gasteiger partial charge >= 0.3 is 0 Å². The third kappa shape index (κ3) is 2.55. The van der Waals surface area contributed by atoms with E-state index in [1.165, 1.54) is 22.3 Å². The van der Waals surface area contributed by atoms with Gasteiger partial charge in [-0.05, 0) is 16.7 Å². The minimum Gasteiger partial charge on any atom is -0.362 e. The summed E-state index contributed by atoms with van der Waals surface area (Å²) >= 11 is 1.66. The number of fused-ring (bicyclic) bond motifs is 1. The molecule has 0 saturated heterocycles. The van der Waals surface area contributed by atoms with Gasteiger partial charge in [0.2, 0.25) is 0 Å². The molecule has 4 aromatic rings. The van der Waals surface area contributed by atoms with Crippen molar-refractivity contribution < 1.29 is 0 Å². The normalized spacial score (nSPS) is 10.9. The van der Waals surface area contributed by atoms with Gasteiger partial charge in [-0.2, -0.15) is 0 Å². The highest BCUT2D eigenvalue weighted by molar-refractivity contribution is 7.17. The highest BCUT2D eigenvalue weighted by Gasteiger charge is 2.14. The molecule has 0 radical (unpaired) electrons. The van der Waals surface area contributed by atoms with Gasteiger partial charge in [0.25, 0.3) is 0 Å². The van der Waals surface area contributed by atoms with Crippen molar-refractivity contribution in [1.29, 1.82) is 0 Å². The van der Waals surface area contributed by atoms with Gasteiger partial charge in [-0.1, -0.05) is 54.6 Å². The lowest BCUT2D eigenvalue weighted by Crippen LogP contribution is -2.11. The molecular formula is C20H17N3S. The van der Waals surface area contributed by atoms with E-state index in [1.54, 1.807) is 17.7 Å². The van der Waals surface area contributed by atoms with E-state index in [0.29, 0.717) is 0 Å². The van der Waals surface area contributed by atoms with Crippen LogP contribution in [0.15, 0.2) is 66.3 Å². The molecule has 3 nitrogen and oxygen atoms in total. The van der Waals surface area contributed by atoms with E-state index in [4.69, 9.17) is 0 Å². The van der Waals surface area contributed by atoms with E-state index in [9.17, 15) is 0 Å². The van der Waals surface area contributed by atoms with E-state index in [2.05, 4.69) is 63.9 Å². The summed E-state index contributed by atoms with van der Waals surface area (Å²) in [5.74, 6) is 0.961. The molecular weight excluding hydrogens is 314 g/mol. The lowest BCUT2D eigenvalue weighted by molar-refractivity contribution is 1.06. The van der Waals surface area contributed by atoms with Crippen LogP contribution in [-0.4, -0.2) is 24.1 Å². The molecule has 4 rings (SSSR count). The number of nitrogens with zero attached hydrogens (tertiary/aromatic N) is 3. The molecule has 0 atom stereocenters. The molecule has 0 N–H and O–H groups in total. The second-order valence-electron chi connectivity index (χ2n) is 5.86. The zero-order valence-corrected chi connectivity index (χ0v) is 14.4. The van der Waals surface area contributed by atoms with Gasteiger partial charge in [0, 0.05) is 25.0 Å². The molecule has 0 bridgehead atoms. The van der Waals surface area contributed by atoms with E-state index in [0.717, 1.165) is 16.0 Å². The molecule has 2 aromatic heterocycles. The molecule has 118 valence electrons. The first-order chi connectivity index (χ1) is 11.7. The first-order valence-corrected chi connectivity index (χ1v) is 8.67. The Morgan fingerprint density at radius 3 is 2.17 bits per heavy atom. The fraction of sp³-hybridized carbons (Fsp3) is 0.100. The Morgan fingerprint density at radius 1 is 0.792 bits per heavy atom. The van der Waals surface area contributed by atoms with Crippen LogP contribution in [-0.2, 0) is 0 Å². The number of rotatable bonds is 3. The van der Waals surface area contributed by atoms with Crippen molar-refractivity contribution in [2.75, 3.05) is 19.0 Å². The zero-order chi connectivity index (χ0) is 16.5. The Kier molecular flexibility index (Phi) is 3.75. The van der Waals surface area contributed by atoms with Crippen LogP contribution in [0.4, 0.5) is 5.82 Å². The molecule has 24 heavy (non-hydrogen) atoms. The summed E-state index contributed by atoms with van der Waals surface area (Å²) in [6.07, 6.45) is 1.64. The molecule has 4 heteroatoms. The van der Waals surface area contributed by atoms with Crippen molar-refractivity contribution in [3.8, 4) is 22.3 Å². The summed E-state index contributed by atoms with van der Waals surface area (Å²) in [4.78, 5) is 11.9. The Hall–Kier alpha value is -2.72. The van der Waals surface area contributed by atoms with Crippen LogP contribution in [0.1, 0.15) is 0 Å². The van der Waals surface area contributed by atoms with Gasteiger partial charge in [0.05, 0.1) is 5.39 Å². The fourth-order valence-corrected chi connectivity index (χ4v) is 3.79. The third-order valence-electron chi connectivity index (χ3n) is 4.08. The third-order valence-corrected chi connectivity index (χ3v) is 4.96. The predicted molar refractivity (Wildman–Crippen MR) is 103 cm³/mol. The number of hydrogen-bond donors (Lipinski definition) is 0. The molecule has 0 aliphatic rings. The number of thiophene rings is 1. The Labute approximate surface area is 145 Å². The van der Waals surface area contributed by atoms with E-state index in [-0.39, 0.29) is 0 Å². The summed E-state index contributed by atoms with van der Waals surface area (Å²) in [6, 6.07) is 19.1. The van der Waals surface area contributed by atoms with Crippen LogP contribution in [0, 0.1) is 0 Å². The van der Waals surface area contributed by atoms with Crippen LogP contribution < -0.4 is 4.90 Å². The minimum atomic E-state index is 0.961. The zero-order valence-electron chi connectivity index (χ0n) is 13.6. The van der Waals surface area contributed by atoms with E-state index < -0.39 is 0 Å². The number of benzene rings is 2. The molecule has 2 heterocycles. The maximum atomic E-state index is 4.45. The quantitative estimate of drug-likeness (QED) is 0.523. The monoisotopic (exact) mass is 331 g/mol. The molecule has 0 amide bonds. The maximum Gasteiger partial charge on any atom is 0.140 e. The Balaban J connectivity index is 1.81. The smallest absolute Gasteiger partial charge is 0.140 e. The maximum absolute atomic E-state index is 4.45. The fourth-order valence-electron chi connectivity index (χ4n) is 2.88.